The van der Waals surface area contributed by atoms with Gasteiger partial charge in [0.2, 0.25) is 11.8 Å². The summed E-state index contributed by atoms with van der Waals surface area (Å²) in [7, 11) is 0. The van der Waals surface area contributed by atoms with Crippen LogP contribution in [-0.2, 0) is 22.6 Å². The molecular formula is C22H21ClFN5O2S. The van der Waals surface area contributed by atoms with Crippen molar-refractivity contribution in [3.05, 3.63) is 77.3 Å². The van der Waals surface area contributed by atoms with E-state index in [-0.39, 0.29) is 29.8 Å². The normalized spacial score (nSPS) is 10.6. The SMILES string of the molecule is C=CCn1c(CC(=O)Nc2ccc(C)c(Cl)c2)nnc1SCC(=O)Nc1ccc(F)cc1. The highest BCUT2D eigenvalue weighted by molar-refractivity contribution is 7.99. The molecule has 0 aliphatic carbocycles. The summed E-state index contributed by atoms with van der Waals surface area (Å²) < 4.78 is 14.7. The van der Waals surface area contributed by atoms with Crippen LogP contribution in [0.2, 0.25) is 5.02 Å². The number of anilines is 2. The molecule has 0 saturated carbocycles. The van der Waals surface area contributed by atoms with Crippen molar-refractivity contribution in [3.8, 4) is 0 Å². The van der Waals surface area contributed by atoms with Gasteiger partial charge in [0, 0.05) is 22.9 Å². The van der Waals surface area contributed by atoms with Crippen molar-refractivity contribution in [1.82, 2.24) is 14.8 Å². The minimum atomic E-state index is -0.378. The van der Waals surface area contributed by atoms with E-state index in [0.29, 0.717) is 33.9 Å². The van der Waals surface area contributed by atoms with Crippen molar-refractivity contribution in [3.63, 3.8) is 0 Å². The molecule has 3 rings (SSSR count). The van der Waals surface area contributed by atoms with Crippen LogP contribution >= 0.6 is 23.4 Å². The van der Waals surface area contributed by atoms with Crippen LogP contribution in [0.15, 0.2) is 60.3 Å². The first-order valence-corrected chi connectivity index (χ1v) is 11.0. The van der Waals surface area contributed by atoms with E-state index < -0.39 is 0 Å². The Kier molecular flexibility index (Phi) is 8.02. The summed E-state index contributed by atoms with van der Waals surface area (Å²) in [5.74, 6) is -0.404. The maximum Gasteiger partial charge on any atom is 0.234 e. The van der Waals surface area contributed by atoms with Crippen molar-refractivity contribution in [2.45, 2.75) is 25.0 Å². The number of nitrogens with one attached hydrogen (secondary N) is 2. The number of aromatic nitrogens is 3. The minimum absolute atomic E-state index is 0.00529. The molecule has 166 valence electrons. The van der Waals surface area contributed by atoms with Gasteiger partial charge in [0.05, 0.1) is 12.2 Å². The fraction of sp³-hybridized carbons (Fsp3) is 0.182. The summed E-state index contributed by atoms with van der Waals surface area (Å²) in [5.41, 5.74) is 2.01. The molecule has 7 nitrogen and oxygen atoms in total. The molecular weight excluding hydrogens is 453 g/mol. The summed E-state index contributed by atoms with van der Waals surface area (Å²) in [5, 5.41) is 14.7. The molecule has 0 radical (unpaired) electrons. The standard InChI is InChI=1S/C22H21ClFN5O2S/c1-3-10-29-19(12-20(30)26-17-7-4-14(2)18(23)11-17)27-28-22(29)32-13-21(31)25-16-8-5-15(24)6-9-16/h3-9,11H,1,10,12-13H2,2H3,(H,25,31)(H,26,30). The number of nitrogens with zero attached hydrogens (tertiary/aromatic N) is 3. The number of hydrogen-bond acceptors (Lipinski definition) is 5. The van der Waals surface area contributed by atoms with Gasteiger partial charge in [-0.25, -0.2) is 4.39 Å². The van der Waals surface area contributed by atoms with E-state index >= 15 is 0 Å². The lowest BCUT2D eigenvalue weighted by Gasteiger charge is -2.09. The van der Waals surface area contributed by atoms with Crippen LogP contribution in [0, 0.1) is 12.7 Å². The van der Waals surface area contributed by atoms with Gasteiger partial charge in [0.1, 0.15) is 11.6 Å². The van der Waals surface area contributed by atoms with E-state index in [4.69, 9.17) is 11.6 Å². The van der Waals surface area contributed by atoms with Gasteiger partial charge in [-0.15, -0.1) is 16.8 Å². The molecule has 32 heavy (non-hydrogen) atoms. The lowest BCUT2D eigenvalue weighted by molar-refractivity contribution is -0.116. The molecule has 0 atom stereocenters. The number of benzene rings is 2. The van der Waals surface area contributed by atoms with E-state index in [2.05, 4.69) is 27.4 Å². The van der Waals surface area contributed by atoms with Crippen LogP contribution in [0.3, 0.4) is 0 Å². The molecule has 0 spiro atoms. The Hall–Kier alpha value is -3.17. The summed E-state index contributed by atoms with van der Waals surface area (Å²) in [4.78, 5) is 24.7. The third-order valence-corrected chi connectivity index (χ3v) is 5.71. The number of carbonyl (C=O) groups excluding carboxylic acids is 2. The van der Waals surface area contributed by atoms with E-state index in [9.17, 15) is 14.0 Å². The predicted octanol–water partition coefficient (Wildman–Crippen LogP) is 4.48. The van der Waals surface area contributed by atoms with Crippen LogP contribution in [0.25, 0.3) is 0 Å². The van der Waals surface area contributed by atoms with Crippen LogP contribution in [0.5, 0.6) is 0 Å². The molecule has 1 aromatic heterocycles. The van der Waals surface area contributed by atoms with Crippen molar-refractivity contribution in [2.75, 3.05) is 16.4 Å². The first-order valence-electron chi connectivity index (χ1n) is 9.63. The fourth-order valence-electron chi connectivity index (χ4n) is 2.75. The Balaban J connectivity index is 1.61. The monoisotopic (exact) mass is 473 g/mol. The maximum absolute atomic E-state index is 13.0. The Morgan fingerprint density at radius 2 is 1.81 bits per heavy atom. The van der Waals surface area contributed by atoms with E-state index in [1.54, 1.807) is 22.8 Å². The largest absolute Gasteiger partial charge is 0.326 e. The topological polar surface area (TPSA) is 88.9 Å². The van der Waals surface area contributed by atoms with Gasteiger partial charge in [-0.2, -0.15) is 0 Å². The zero-order valence-corrected chi connectivity index (χ0v) is 18.8. The first-order chi connectivity index (χ1) is 15.4. The van der Waals surface area contributed by atoms with Crippen molar-refractivity contribution in [1.29, 1.82) is 0 Å². The quantitative estimate of drug-likeness (QED) is 0.353. The molecule has 1 heterocycles. The molecule has 2 aromatic carbocycles. The van der Waals surface area contributed by atoms with Gasteiger partial charge >= 0.3 is 0 Å². The Labute approximate surface area is 194 Å². The molecule has 10 heteroatoms. The summed E-state index contributed by atoms with van der Waals surface area (Å²) in [6, 6.07) is 10.8. The van der Waals surface area contributed by atoms with Crippen LogP contribution in [0.4, 0.5) is 15.8 Å². The second-order valence-corrected chi connectivity index (χ2v) is 8.18. The zero-order chi connectivity index (χ0) is 23.1. The number of halogens is 2. The van der Waals surface area contributed by atoms with Crippen LogP contribution < -0.4 is 10.6 Å². The summed E-state index contributed by atoms with van der Waals surface area (Å²) in [6.45, 7) is 5.99. The lowest BCUT2D eigenvalue weighted by Crippen LogP contribution is -2.18. The molecule has 3 aromatic rings. The fourth-order valence-corrected chi connectivity index (χ4v) is 3.70. The third-order valence-electron chi connectivity index (χ3n) is 4.34. The number of hydrogen-bond donors (Lipinski definition) is 2. The minimum Gasteiger partial charge on any atom is -0.326 e. The second kappa shape index (κ2) is 10.9. The van der Waals surface area contributed by atoms with Crippen LogP contribution in [-0.4, -0.2) is 32.3 Å². The van der Waals surface area contributed by atoms with Crippen molar-refractivity contribution < 1.29 is 14.0 Å². The molecule has 0 aliphatic rings. The average Bonchev–Trinajstić information content (AvgIpc) is 3.12. The number of amides is 2. The van der Waals surface area contributed by atoms with Crippen LogP contribution in [0.1, 0.15) is 11.4 Å². The van der Waals surface area contributed by atoms with Gasteiger partial charge < -0.3 is 15.2 Å². The van der Waals surface area contributed by atoms with Gasteiger partial charge in [0.15, 0.2) is 5.16 Å². The number of thioether (sulfide) groups is 1. The molecule has 0 unspecified atom stereocenters. The number of aryl methyl sites for hydroxylation is 1. The Morgan fingerprint density at radius 3 is 2.50 bits per heavy atom. The van der Waals surface area contributed by atoms with Gasteiger partial charge in [-0.1, -0.05) is 35.5 Å². The molecule has 2 N–H and O–H groups in total. The van der Waals surface area contributed by atoms with E-state index in [1.165, 1.54) is 36.0 Å². The number of allylic oxidation sites excluding steroid dienone is 1. The smallest absolute Gasteiger partial charge is 0.234 e. The van der Waals surface area contributed by atoms with E-state index in [1.807, 2.05) is 13.0 Å². The van der Waals surface area contributed by atoms with E-state index in [0.717, 1.165) is 5.56 Å². The summed E-state index contributed by atoms with van der Waals surface area (Å²) >= 11 is 7.28. The predicted molar refractivity (Wildman–Crippen MR) is 124 cm³/mol. The van der Waals surface area contributed by atoms with Crippen molar-refractivity contribution >= 4 is 46.6 Å². The van der Waals surface area contributed by atoms with Gasteiger partial charge in [0.25, 0.3) is 0 Å². The zero-order valence-electron chi connectivity index (χ0n) is 17.3. The molecule has 0 saturated heterocycles. The molecule has 2 amide bonds. The van der Waals surface area contributed by atoms with Crippen molar-refractivity contribution in [2.24, 2.45) is 0 Å². The van der Waals surface area contributed by atoms with Gasteiger partial charge in [-0.05, 0) is 48.9 Å². The highest BCUT2D eigenvalue weighted by Crippen LogP contribution is 2.21. The number of carbonyl (C=O) groups is 2. The average molecular weight is 474 g/mol. The first kappa shape index (κ1) is 23.5. The third kappa shape index (κ3) is 6.41. The lowest BCUT2D eigenvalue weighted by atomic mass is 10.2. The molecule has 0 aliphatic heterocycles. The molecule has 0 bridgehead atoms. The maximum atomic E-state index is 13.0. The molecule has 0 fully saturated rings. The van der Waals surface area contributed by atoms with Gasteiger partial charge in [-0.3, -0.25) is 9.59 Å². The second-order valence-electron chi connectivity index (χ2n) is 6.83. The Morgan fingerprint density at radius 1 is 1.12 bits per heavy atom. The summed E-state index contributed by atoms with van der Waals surface area (Å²) in [6.07, 6.45) is 1.65. The Bertz CT molecular complexity index is 1130. The highest BCUT2D eigenvalue weighted by Gasteiger charge is 2.16. The highest BCUT2D eigenvalue weighted by atomic mass is 35.5. The number of rotatable bonds is 9.